The Morgan fingerprint density at radius 2 is 1.54 bits per heavy atom. The summed E-state index contributed by atoms with van der Waals surface area (Å²) in [4.78, 5) is 12.3. The Morgan fingerprint density at radius 3 is 2.17 bits per heavy atom. The van der Waals surface area contributed by atoms with Crippen LogP contribution in [0.4, 0.5) is 0 Å². The summed E-state index contributed by atoms with van der Waals surface area (Å²) in [7, 11) is 0. The monoisotopic (exact) mass is 322 g/mol. The molecule has 0 aliphatic heterocycles. The van der Waals surface area contributed by atoms with E-state index in [1.54, 1.807) is 0 Å². The van der Waals surface area contributed by atoms with Crippen LogP contribution in [-0.2, 0) is 11.2 Å². The first kappa shape index (κ1) is 16.7. The fourth-order valence-electron chi connectivity index (χ4n) is 3.57. The van der Waals surface area contributed by atoms with Gasteiger partial charge in [-0.15, -0.1) is 0 Å². The van der Waals surface area contributed by atoms with E-state index in [4.69, 9.17) is 5.73 Å². The second-order valence-corrected chi connectivity index (χ2v) is 6.76. The maximum absolute atomic E-state index is 12.3. The molecule has 1 fully saturated rings. The van der Waals surface area contributed by atoms with Gasteiger partial charge in [-0.05, 0) is 49.1 Å². The van der Waals surface area contributed by atoms with E-state index in [2.05, 4.69) is 35.6 Å². The molecule has 0 saturated heterocycles. The zero-order valence-corrected chi connectivity index (χ0v) is 14.0. The van der Waals surface area contributed by atoms with E-state index in [9.17, 15) is 4.79 Å². The molecule has 3 nitrogen and oxygen atoms in total. The fourth-order valence-corrected chi connectivity index (χ4v) is 3.57. The van der Waals surface area contributed by atoms with Crippen LogP contribution < -0.4 is 11.1 Å². The van der Waals surface area contributed by atoms with Crippen molar-refractivity contribution in [2.45, 2.75) is 50.1 Å². The Balaban J connectivity index is 1.46. The van der Waals surface area contributed by atoms with Crippen LogP contribution in [0.15, 0.2) is 60.7 Å². The van der Waals surface area contributed by atoms with Gasteiger partial charge in [-0.3, -0.25) is 4.79 Å². The van der Waals surface area contributed by atoms with Crippen molar-refractivity contribution in [3.8, 4) is 0 Å². The Hall–Kier alpha value is -2.13. The van der Waals surface area contributed by atoms with E-state index >= 15 is 0 Å². The number of hydrogen-bond acceptors (Lipinski definition) is 2. The molecule has 1 aliphatic rings. The molecule has 0 spiro atoms. The van der Waals surface area contributed by atoms with Crippen LogP contribution in [-0.4, -0.2) is 18.0 Å². The molecule has 1 atom stereocenters. The summed E-state index contributed by atoms with van der Waals surface area (Å²) >= 11 is 0. The Bertz CT molecular complexity index is 633. The van der Waals surface area contributed by atoms with Gasteiger partial charge in [0.05, 0.1) is 6.04 Å². The molecule has 0 radical (unpaired) electrons. The molecule has 3 heteroatoms. The molecule has 1 saturated carbocycles. The molecule has 3 N–H and O–H groups in total. The minimum absolute atomic E-state index is 0.0259. The number of carbonyl (C=O) groups excluding carboxylic acids is 1. The van der Waals surface area contributed by atoms with Gasteiger partial charge in [-0.2, -0.15) is 0 Å². The number of nitrogens with one attached hydrogen (secondary N) is 1. The lowest BCUT2D eigenvalue weighted by atomic mass is 9.81. The predicted molar refractivity (Wildman–Crippen MR) is 97.7 cm³/mol. The molecule has 126 valence electrons. The van der Waals surface area contributed by atoms with Crippen LogP contribution in [0.5, 0.6) is 0 Å². The summed E-state index contributed by atoms with van der Waals surface area (Å²) in [5.41, 5.74) is 8.60. The summed E-state index contributed by atoms with van der Waals surface area (Å²) < 4.78 is 0. The van der Waals surface area contributed by atoms with Crippen LogP contribution in [0.3, 0.4) is 0 Å². The van der Waals surface area contributed by atoms with Gasteiger partial charge in [-0.1, -0.05) is 60.7 Å². The Kier molecular flexibility index (Phi) is 5.65. The van der Waals surface area contributed by atoms with Gasteiger partial charge in [0.1, 0.15) is 0 Å². The smallest absolute Gasteiger partial charge is 0.237 e. The van der Waals surface area contributed by atoms with Crippen molar-refractivity contribution in [3.05, 3.63) is 71.8 Å². The highest BCUT2D eigenvalue weighted by molar-refractivity contribution is 5.82. The zero-order valence-electron chi connectivity index (χ0n) is 14.0. The van der Waals surface area contributed by atoms with Gasteiger partial charge in [0.25, 0.3) is 0 Å². The van der Waals surface area contributed by atoms with E-state index < -0.39 is 6.04 Å². The number of carbonyl (C=O) groups is 1. The Labute approximate surface area is 144 Å². The largest absolute Gasteiger partial charge is 0.352 e. The number of benzene rings is 2. The van der Waals surface area contributed by atoms with Gasteiger partial charge in [0.2, 0.25) is 5.91 Å². The lowest BCUT2D eigenvalue weighted by Crippen LogP contribution is -2.47. The summed E-state index contributed by atoms with van der Waals surface area (Å²) in [6.07, 6.45) is 4.91. The molecular formula is C21H26N2O. The minimum atomic E-state index is -0.473. The lowest BCUT2D eigenvalue weighted by Gasteiger charge is -2.30. The van der Waals surface area contributed by atoms with Crippen LogP contribution in [0.1, 0.15) is 42.7 Å². The number of hydrogen-bond donors (Lipinski definition) is 2. The molecule has 1 amide bonds. The predicted octanol–water partition coefficient (Wildman–Crippen LogP) is 3.40. The van der Waals surface area contributed by atoms with Gasteiger partial charge < -0.3 is 11.1 Å². The molecule has 24 heavy (non-hydrogen) atoms. The fraction of sp³-hybridized carbons (Fsp3) is 0.381. The molecule has 0 bridgehead atoms. The summed E-state index contributed by atoms with van der Waals surface area (Å²) in [6.45, 7) is 0. The van der Waals surface area contributed by atoms with Gasteiger partial charge >= 0.3 is 0 Å². The van der Waals surface area contributed by atoms with Crippen molar-refractivity contribution >= 4 is 5.91 Å². The number of amides is 1. The van der Waals surface area contributed by atoms with E-state index in [0.717, 1.165) is 31.2 Å². The van der Waals surface area contributed by atoms with Crippen molar-refractivity contribution in [3.63, 3.8) is 0 Å². The maximum Gasteiger partial charge on any atom is 0.237 e. The molecule has 2 aromatic rings. The molecule has 1 unspecified atom stereocenters. The molecule has 0 aromatic heterocycles. The topological polar surface area (TPSA) is 55.1 Å². The third-order valence-corrected chi connectivity index (χ3v) is 4.98. The first-order valence-electron chi connectivity index (χ1n) is 8.87. The Morgan fingerprint density at radius 1 is 0.958 bits per heavy atom. The van der Waals surface area contributed by atoms with Crippen molar-refractivity contribution in [2.75, 3.05) is 0 Å². The van der Waals surface area contributed by atoms with Crippen LogP contribution in [0.2, 0.25) is 0 Å². The quantitative estimate of drug-likeness (QED) is 0.886. The highest BCUT2D eigenvalue weighted by Crippen LogP contribution is 2.32. The summed E-state index contributed by atoms with van der Waals surface area (Å²) in [5, 5.41) is 3.15. The van der Waals surface area contributed by atoms with Gasteiger partial charge in [0.15, 0.2) is 0 Å². The van der Waals surface area contributed by atoms with Crippen LogP contribution in [0, 0.1) is 0 Å². The average Bonchev–Trinajstić information content (AvgIpc) is 2.64. The first-order valence-corrected chi connectivity index (χ1v) is 8.87. The number of nitrogens with two attached hydrogens (primary N) is 1. The molecular weight excluding hydrogens is 296 g/mol. The van der Waals surface area contributed by atoms with Crippen molar-refractivity contribution in [1.82, 2.24) is 5.32 Å². The number of rotatable bonds is 5. The van der Waals surface area contributed by atoms with Crippen molar-refractivity contribution in [2.24, 2.45) is 5.73 Å². The van der Waals surface area contributed by atoms with Crippen LogP contribution in [0.25, 0.3) is 0 Å². The highest BCUT2D eigenvalue weighted by Gasteiger charge is 2.25. The second kappa shape index (κ2) is 8.11. The summed E-state index contributed by atoms with van der Waals surface area (Å²) in [6, 6.07) is 20.4. The average molecular weight is 322 g/mol. The van der Waals surface area contributed by atoms with Gasteiger partial charge in [-0.25, -0.2) is 0 Å². The van der Waals surface area contributed by atoms with E-state index in [0.29, 0.717) is 12.3 Å². The SMILES string of the molecule is NC(Cc1ccccc1)C(=O)NC1CCC(c2ccccc2)CC1. The van der Waals surface area contributed by atoms with Gasteiger partial charge in [0, 0.05) is 6.04 Å². The highest BCUT2D eigenvalue weighted by atomic mass is 16.2. The minimum Gasteiger partial charge on any atom is -0.352 e. The molecule has 3 rings (SSSR count). The molecule has 1 aliphatic carbocycles. The first-order chi connectivity index (χ1) is 11.7. The third kappa shape index (κ3) is 4.45. The van der Waals surface area contributed by atoms with E-state index in [1.165, 1.54) is 5.56 Å². The lowest BCUT2D eigenvalue weighted by molar-refractivity contribution is -0.123. The van der Waals surface area contributed by atoms with Crippen LogP contribution >= 0.6 is 0 Å². The molecule has 0 heterocycles. The standard InChI is InChI=1S/C21H26N2O/c22-20(15-16-7-3-1-4-8-16)21(24)23-19-13-11-18(12-14-19)17-9-5-2-6-10-17/h1-10,18-20H,11-15,22H2,(H,23,24). The van der Waals surface area contributed by atoms with E-state index in [1.807, 2.05) is 30.3 Å². The molecule has 2 aromatic carbocycles. The third-order valence-electron chi connectivity index (χ3n) is 4.98. The van der Waals surface area contributed by atoms with Crippen molar-refractivity contribution < 1.29 is 4.79 Å². The summed E-state index contributed by atoms with van der Waals surface area (Å²) in [5.74, 6) is 0.597. The van der Waals surface area contributed by atoms with E-state index in [-0.39, 0.29) is 11.9 Å². The maximum atomic E-state index is 12.3. The normalized spacial score (nSPS) is 21.9. The zero-order chi connectivity index (χ0) is 16.8. The van der Waals surface area contributed by atoms with Crippen molar-refractivity contribution in [1.29, 1.82) is 0 Å². The second-order valence-electron chi connectivity index (χ2n) is 6.76.